The average Bonchev–Trinajstić information content (AvgIpc) is 3.12. The molecule has 0 radical (unpaired) electrons. The van der Waals surface area contributed by atoms with Crippen molar-refractivity contribution in [1.29, 1.82) is 0 Å². The van der Waals surface area contributed by atoms with E-state index in [0.717, 1.165) is 19.3 Å². The molecule has 4 saturated carbocycles. The number of hydrogen-bond acceptors (Lipinski definition) is 7. The van der Waals surface area contributed by atoms with Crippen molar-refractivity contribution >= 4 is 0 Å². The van der Waals surface area contributed by atoms with Gasteiger partial charge in [-0.1, -0.05) is 13.3 Å². The van der Waals surface area contributed by atoms with Crippen molar-refractivity contribution in [2.75, 3.05) is 6.61 Å². The lowest BCUT2D eigenvalue weighted by Crippen LogP contribution is -2.84. The Morgan fingerprint density at radius 1 is 1.12 bits per heavy atom. The van der Waals surface area contributed by atoms with Crippen LogP contribution in [0.15, 0.2) is 0 Å². The molecule has 7 nitrogen and oxygen atoms in total. The number of rotatable bonds is 4. The summed E-state index contributed by atoms with van der Waals surface area (Å²) in [6.45, 7) is 1.71. The minimum Gasteiger partial charge on any atom is -0.394 e. The molecule has 1 spiro atoms. The first-order chi connectivity index (χ1) is 11.4. The Morgan fingerprint density at radius 3 is 2.54 bits per heavy atom. The summed E-state index contributed by atoms with van der Waals surface area (Å²) < 4.78 is 11.5. The van der Waals surface area contributed by atoms with E-state index in [4.69, 9.17) is 9.47 Å². The summed E-state index contributed by atoms with van der Waals surface area (Å²) in [5.41, 5.74) is -0.484. The largest absolute Gasteiger partial charge is 0.394 e. The normalized spacial score (nSPS) is 66.2. The van der Waals surface area contributed by atoms with Crippen molar-refractivity contribution in [2.45, 2.75) is 68.6 Å². The summed E-state index contributed by atoms with van der Waals surface area (Å²) >= 11 is 0. The molecule has 0 amide bonds. The van der Waals surface area contributed by atoms with Crippen LogP contribution in [0.4, 0.5) is 0 Å². The third-order valence-electron chi connectivity index (χ3n) is 7.93. The van der Waals surface area contributed by atoms with Gasteiger partial charge in [-0.2, -0.15) is 0 Å². The van der Waals surface area contributed by atoms with Crippen LogP contribution in [0.2, 0.25) is 0 Å². The topological polar surface area (TPSA) is 120 Å². The molecule has 0 aromatic heterocycles. The first-order valence-electron chi connectivity index (χ1n) is 9.10. The van der Waals surface area contributed by atoms with Crippen molar-refractivity contribution in [3.05, 3.63) is 0 Å². The van der Waals surface area contributed by atoms with Gasteiger partial charge >= 0.3 is 0 Å². The molecule has 12 atom stereocenters. The van der Waals surface area contributed by atoms with E-state index in [1.165, 1.54) is 0 Å². The standard InChI is InChI=1S/C17H26O7/c1-2-6-3-7-14(10-8-4-16(8,22)17(6,7)10)24-15-13(21)12(20)11(19)9(5-18)23-15/h6-15,18-22H,2-5H2,1H3/t6?,7?,8?,9-,10?,11-,12+,13-,14?,15+,16?,17?/m1/s1. The molecular weight excluding hydrogens is 316 g/mol. The molecule has 136 valence electrons. The van der Waals surface area contributed by atoms with Crippen LogP contribution in [-0.4, -0.2) is 74.6 Å². The highest BCUT2D eigenvalue weighted by Crippen LogP contribution is 2.91. The van der Waals surface area contributed by atoms with Gasteiger partial charge in [-0.05, 0) is 30.6 Å². The van der Waals surface area contributed by atoms with Gasteiger partial charge in [0.1, 0.15) is 24.4 Å². The Bertz CT molecular complexity index is 555. The van der Waals surface area contributed by atoms with Gasteiger partial charge in [-0.25, -0.2) is 0 Å². The van der Waals surface area contributed by atoms with Crippen LogP contribution in [0.3, 0.4) is 0 Å². The zero-order valence-corrected chi connectivity index (χ0v) is 13.7. The predicted octanol–water partition coefficient (Wildman–Crippen LogP) is -1.40. The Kier molecular flexibility index (Phi) is 3.13. The molecule has 5 aliphatic rings. The SMILES string of the molecule is CCC1CC2C(O[C@@H]3O[C@H](CO)[C@@H](O)[C@H](O)[C@H]3O)C3C4CC4(O)C123. The molecule has 1 saturated heterocycles. The summed E-state index contributed by atoms with van der Waals surface area (Å²) in [7, 11) is 0. The van der Waals surface area contributed by atoms with E-state index < -0.39 is 42.9 Å². The second-order valence-electron chi connectivity index (χ2n) is 8.44. The average molecular weight is 342 g/mol. The van der Waals surface area contributed by atoms with Gasteiger partial charge in [0.2, 0.25) is 0 Å². The van der Waals surface area contributed by atoms with Crippen LogP contribution in [0.25, 0.3) is 0 Å². The lowest BCUT2D eigenvalue weighted by atomic mass is 9.27. The molecule has 7 unspecified atom stereocenters. The molecule has 5 rings (SSSR count). The molecule has 7 heteroatoms. The van der Waals surface area contributed by atoms with Gasteiger partial charge < -0.3 is 35.0 Å². The second kappa shape index (κ2) is 4.71. The predicted molar refractivity (Wildman–Crippen MR) is 79.5 cm³/mol. The number of hydrogen-bond donors (Lipinski definition) is 5. The smallest absolute Gasteiger partial charge is 0.186 e. The molecule has 1 aliphatic heterocycles. The van der Waals surface area contributed by atoms with Crippen LogP contribution in [0.5, 0.6) is 0 Å². The summed E-state index contributed by atoms with van der Waals surface area (Å²) in [6.07, 6.45) is -3.28. The van der Waals surface area contributed by atoms with Crippen LogP contribution in [-0.2, 0) is 9.47 Å². The fraction of sp³-hybridized carbons (Fsp3) is 1.00. The van der Waals surface area contributed by atoms with Crippen molar-refractivity contribution in [3.8, 4) is 0 Å². The third kappa shape index (κ3) is 1.47. The first kappa shape index (κ1) is 15.9. The van der Waals surface area contributed by atoms with Crippen LogP contribution < -0.4 is 0 Å². The van der Waals surface area contributed by atoms with E-state index in [-0.39, 0.29) is 23.4 Å². The van der Waals surface area contributed by atoms with E-state index in [1.54, 1.807) is 0 Å². The fourth-order valence-corrected chi connectivity index (χ4v) is 6.81. The van der Waals surface area contributed by atoms with Gasteiger partial charge in [0.25, 0.3) is 0 Å². The first-order valence-corrected chi connectivity index (χ1v) is 9.10. The lowest BCUT2D eigenvalue weighted by molar-refractivity contribution is -0.422. The zero-order chi connectivity index (χ0) is 17.0. The number of ether oxygens (including phenoxy) is 2. The van der Waals surface area contributed by atoms with E-state index >= 15 is 0 Å². The highest BCUT2D eigenvalue weighted by Gasteiger charge is 2.95. The van der Waals surface area contributed by atoms with Gasteiger partial charge in [0.05, 0.1) is 18.3 Å². The summed E-state index contributed by atoms with van der Waals surface area (Å²) in [6, 6.07) is 0. The van der Waals surface area contributed by atoms with Crippen molar-refractivity contribution < 1.29 is 35.0 Å². The molecular formula is C17H26O7. The number of fused-ring (bicyclic) bond motifs is 2. The maximum Gasteiger partial charge on any atom is 0.186 e. The Labute approximate surface area is 140 Å². The van der Waals surface area contributed by atoms with Gasteiger partial charge in [0.15, 0.2) is 6.29 Å². The molecule has 24 heavy (non-hydrogen) atoms. The lowest BCUT2D eigenvalue weighted by Gasteiger charge is -2.80. The highest BCUT2D eigenvalue weighted by molar-refractivity contribution is 5.43. The van der Waals surface area contributed by atoms with Crippen molar-refractivity contribution in [1.82, 2.24) is 0 Å². The Hall–Kier alpha value is -0.280. The molecule has 0 bridgehead atoms. The molecule has 0 aromatic carbocycles. The monoisotopic (exact) mass is 342 g/mol. The maximum atomic E-state index is 10.8. The summed E-state index contributed by atoms with van der Waals surface area (Å²) in [5, 5.41) is 50.0. The van der Waals surface area contributed by atoms with Crippen LogP contribution in [0.1, 0.15) is 26.2 Å². The summed E-state index contributed by atoms with van der Waals surface area (Å²) in [4.78, 5) is 0. The quantitative estimate of drug-likeness (QED) is 0.426. The van der Waals surface area contributed by atoms with E-state index in [0.29, 0.717) is 11.8 Å². The van der Waals surface area contributed by atoms with Gasteiger partial charge in [-0.15, -0.1) is 0 Å². The zero-order valence-electron chi connectivity index (χ0n) is 13.7. The second-order valence-corrected chi connectivity index (χ2v) is 8.44. The molecule has 1 heterocycles. The molecule has 4 aliphatic carbocycles. The Balaban J connectivity index is 1.32. The molecule has 5 N–H and O–H groups in total. The van der Waals surface area contributed by atoms with Crippen LogP contribution in [0, 0.1) is 29.1 Å². The van der Waals surface area contributed by atoms with Crippen molar-refractivity contribution in [3.63, 3.8) is 0 Å². The Morgan fingerprint density at radius 2 is 1.88 bits per heavy atom. The fourth-order valence-electron chi connectivity index (χ4n) is 6.81. The number of aliphatic hydroxyl groups excluding tert-OH is 4. The number of aliphatic hydroxyl groups is 5. The van der Waals surface area contributed by atoms with E-state index in [2.05, 4.69) is 6.92 Å². The third-order valence-corrected chi connectivity index (χ3v) is 7.93. The van der Waals surface area contributed by atoms with E-state index in [9.17, 15) is 25.5 Å². The van der Waals surface area contributed by atoms with Gasteiger partial charge in [-0.3, -0.25) is 0 Å². The summed E-state index contributed by atoms with van der Waals surface area (Å²) in [5.74, 6) is 1.42. The maximum absolute atomic E-state index is 10.8. The molecule has 0 aromatic rings. The van der Waals surface area contributed by atoms with Crippen LogP contribution >= 0.6 is 0 Å². The van der Waals surface area contributed by atoms with Gasteiger partial charge in [0, 0.05) is 11.3 Å². The van der Waals surface area contributed by atoms with Crippen molar-refractivity contribution in [2.24, 2.45) is 29.1 Å². The highest BCUT2D eigenvalue weighted by atomic mass is 16.7. The minimum absolute atomic E-state index is 0.00517. The minimum atomic E-state index is -1.41. The molecule has 5 fully saturated rings. The van der Waals surface area contributed by atoms with E-state index in [1.807, 2.05) is 0 Å².